The molecule has 0 saturated carbocycles. The monoisotopic (exact) mass is 147 g/mol. The largest absolute Gasteiger partial charge is 0.394 e. The lowest BCUT2D eigenvalue weighted by Gasteiger charge is -2.20. The Morgan fingerprint density at radius 2 is 2.20 bits per heavy atom. The van der Waals surface area contributed by atoms with Gasteiger partial charge < -0.3 is 5.11 Å². The Morgan fingerprint density at radius 3 is 2.30 bits per heavy atom. The number of hydrogen-bond donors (Lipinski definition) is 2. The lowest BCUT2D eigenvalue weighted by Crippen LogP contribution is -2.38. The van der Waals surface area contributed by atoms with E-state index in [1.807, 2.05) is 0 Å². The summed E-state index contributed by atoms with van der Waals surface area (Å²) < 4.78 is 0. The highest BCUT2D eigenvalue weighted by molar-refractivity contribution is 5.72. The summed E-state index contributed by atoms with van der Waals surface area (Å²) in [5.74, 6) is -0.444. The lowest BCUT2D eigenvalue weighted by atomic mass is 10.2. The summed E-state index contributed by atoms with van der Waals surface area (Å²) in [5.41, 5.74) is 0. The molecule has 0 aromatic heterocycles. The SMILES string of the molecule is CCC(CO)N(O)C(C)=O. The summed E-state index contributed by atoms with van der Waals surface area (Å²) in [6.07, 6.45) is 0.548. The second-order valence-electron chi connectivity index (χ2n) is 2.11. The molecule has 60 valence electrons. The van der Waals surface area contributed by atoms with Gasteiger partial charge in [-0.05, 0) is 6.42 Å². The number of aliphatic hydroxyl groups excluding tert-OH is 1. The minimum Gasteiger partial charge on any atom is -0.394 e. The summed E-state index contributed by atoms with van der Waals surface area (Å²) in [6, 6.07) is -0.461. The fourth-order valence-corrected chi connectivity index (χ4v) is 0.636. The standard InChI is InChI=1S/C6H13NO3/c1-3-6(4-8)7(10)5(2)9/h6,8,10H,3-4H2,1-2H3. The molecular formula is C6H13NO3. The van der Waals surface area contributed by atoms with Crippen LogP contribution < -0.4 is 0 Å². The smallest absolute Gasteiger partial charge is 0.243 e. The number of hydrogen-bond acceptors (Lipinski definition) is 3. The van der Waals surface area contributed by atoms with Crippen molar-refractivity contribution in [2.75, 3.05) is 6.61 Å². The van der Waals surface area contributed by atoms with E-state index in [4.69, 9.17) is 10.3 Å². The molecular weight excluding hydrogens is 134 g/mol. The Morgan fingerprint density at radius 1 is 1.70 bits per heavy atom. The number of hydroxylamine groups is 2. The quantitative estimate of drug-likeness (QED) is 0.436. The molecule has 0 saturated heterocycles. The molecule has 0 radical (unpaired) electrons. The molecule has 0 bridgehead atoms. The van der Waals surface area contributed by atoms with Crippen molar-refractivity contribution >= 4 is 5.91 Å². The van der Waals surface area contributed by atoms with Crippen molar-refractivity contribution < 1.29 is 15.1 Å². The van der Waals surface area contributed by atoms with Gasteiger partial charge in [0.2, 0.25) is 5.91 Å². The molecule has 0 heterocycles. The maximum Gasteiger partial charge on any atom is 0.243 e. The highest BCUT2D eigenvalue weighted by Crippen LogP contribution is 1.99. The van der Waals surface area contributed by atoms with Crippen LogP contribution in [0.5, 0.6) is 0 Å². The molecule has 2 N–H and O–H groups in total. The fraction of sp³-hybridized carbons (Fsp3) is 0.833. The maximum atomic E-state index is 10.5. The number of amides is 1. The molecule has 1 atom stereocenters. The van der Waals surface area contributed by atoms with Gasteiger partial charge in [0.05, 0.1) is 12.6 Å². The van der Waals surface area contributed by atoms with Crippen molar-refractivity contribution in [3.63, 3.8) is 0 Å². The van der Waals surface area contributed by atoms with Gasteiger partial charge in [0.1, 0.15) is 0 Å². The van der Waals surface area contributed by atoms with Crippen LogP contribution in [-0.2, 0) is 4.79 Å². The molecule has 0 fully saturated rings. The zero-order valence-corrected chi connectivity index (χ0v) is 6.24. The number of aliphatic hydroxyl groups is 1. The van der Waals surface area contributed by atoms with Crippen LogP contribution in [0.3, 0.4) is 0 Å². The summed E-state index contributed by atoms with van der Waals surface area (Å²) in [6.45, 7) is 2.83. The van der Waals surface area contributed by atoms with E-state index >= 15 is 0 Å². The van der Waals surface area contributed by atoms with E-state index in [9.17, 15) is 4.79 Å². The van der Waals surface area contributed by atoms with Crippen LogP contribution in [0.15, 0.2) is 0 Å². The van der Waals surface area contributed by atoms with Gasteiger partial charge in [0.15, 0.2) is 0 Å². The van der Waals surface area contributed by atoms with Crippen LogP contribution in [-0.4, -0.2) is 33.9 Å². The van der Waals surface area contributed by atoms with E-state index in [1.165, 1.54) is 6.92 Å². The van der Waals surface area contributed by atoms with Crippen molar-refractivity contribution in [1.29, 1.82) is 0 Å². The number of carbonyl (C=O) groups is 1. The molecule has 1 unspecified atom stereocenters. The van der Waals surface area contributed by atoms with E-state index in [0.29, 0.717) is 11.5 Å². The number of nitrogens with zero attached hydrogens (tertiary/aromatic N) is 1. The first kappa shape index (κ1) is 9.39. The summed E-state index contributed by atoms with van der Waals surface area (Å²) >= 11 is 0. The third-order valence-electron chi connectivity index (χ3n) is 1.35. The predicted molar refractivity (Wildman–Crippen MR) is 35.5 cm³/mol. The minimum absolute atomic E-state index is 0.202. The molecule has 0 rings (SSSR count). The number of rotatable bonds is 3. The Bertz CT molecular complexity index is 112. The zero-order chi connectivity index (χ0) is 8.15. The van der Waals surface area contributed by atoms with Gasteiger partial charge in [-0.3, -0.25) is 10.0 Å². The highest BCUT2D eigenvalue weighted by Gasteiger charge is 2.15. The summed E-state index contributed by atoms with van der Waals surface area (Å²) in [7, 11) is 0. The lowest BCUT2D eigenvalue weighted by molar-refractivity contribution is -0.176. The number of carbonyl (C=O) groups excluding carboxylic acids is 1. The van der Waals surface area contributed by atoms with E-state index in [1.54, 1.807) is 6.92 Å². The van der Waals surface area contributed by atoms with Crippen LogP contribution in [0, 0.1) is 0 Å². The topological polar surface area (TPSA) is 60.8 Å². The molecule has 0 aliphatic carbocycles. The van der Waals surface area contributed by atoms with E-state index in [0.717, 1.165) is 0 Å². The molecule has 4 heteroatoms. The van der Waals surface area contributed by atoms with E-state index in [2.05, 4.69) is 0 Å². The molecule has 10 heavy (non-hydrogen) atoms. The van der Waals surface area contributed by atoms with Crippen LogP contribution in [0.1, 0.15) is 20.3 Å². The Balaban J connectivity index is 3.88. The normalized spacial score (nSPS) is 12.8. The Labute approximate surface area is 60.0 Å². The van der Waals surface area contributed by atoms with E-state index in [-0.39, 0.29) is 6.61 Å². The van der Waals surface area contributed by atoms with Gasteiger partial charge in [-0.1, -0.05) is 6.92 Å². The summed E-state index contributed by atoms with van der Waals surface area (Å²) in [5, 5.41) is 18.1. The van der Waals surface area contributed by atoms with Crippen molar-refractivity contribution in [2.45, 2.75) is 26.3 Å². The third kappa shape index (κ3) is 2.33. The average Bonchev–Trinajstić information content (AvgIpc) is 1.90. The van der Waals surface area contributed by atoms with E-state index < -0.39 is 11.9 Å². The first-order valence-electron chi connectivity index (χ1n) is 3.23. The van der Waals surface area contributed by atoms with Gasteiger partial charge >= 0.3 is 0 Å². The third-order valence-corrected chi connectivity index (χ3v) is 1.35. The average molecular weight is 147 g/mol. The Kier molecular flexibility index (Phi) is 3.99. The van der Waals surface area contributed by atoms with Crippen molar-refractivity contribution in [3.05, 3.63) is 0 Å². The molecule has 0 aliphatic rings. The van der Waals surface area contributed by atoms with Crippen molar-refractivity contribution in [2.24, 2.45) is 0 Å². The van der Waals surface area contributed by atoms with Gasteiger partial charge in [-0.2, -0.15) is 0 Å². The first-order chi connectivity index (χ1) is 4.63. The van der Waals surface area contributed by atoms with Crippen LogP contribution in [0.2, 0.25) is 0 Å². The second kappa shape index (κ2) is 4.24. The zero-order valence-electron chi connectivity index (χ0n) is 6.24. The minimum atomic E-state index is -0.461. The van der Waals surface area contributed by atoms with Crippen molar-refractivity contribution in [3.8, 4) is 0 Å². The molecule has 0 aromatic carbocycles. The van der Waals surface area contributed by atoms with Gasteiger partial charge in [0, 0.05) is 6.92 Å². The highest BCUT2D eigenvalue weighted by atomic mass is 16.5. The van der Waals surface area contributed by atoms with Gasteiger partial charge in [0.25, 0.3) is 0 Å². The van der Waals surface area contributed by atoms with Crippen molar-refractivity contribution in [1.82, 2.24) is 5.06 Å². The van der Waals surface area contributed by atoms with Gasteiger partial charge in [-0.25, -0.2) is 5.06 Å². The molecule has 0 spiro atoms. The molecule has 1 amide bonds. The second-order valence-corrected chi connectivity index (χ2v) is 2.11. The molecule has 0 aliphatic heterocycles. The van der Waals surface area contributed by atoms with Crippen LogP contribution >= 0.6 is 0 Å². The fourth-order valence-electron chi connectivity index (χ4n) is 0.636. The van der Waals surface area contributed by atoms with Crippen LogP contribution in [0.4, 0.5) is 0 Å². The Hall–Kier alpha value is -0.610. The van der Waals surface area contributed by atoms with Gasteiger partial charge in [-0.15, -0.1) is 0 Å². The molecule has 4 nitrogen and oxygen atoms in total. The first-order valence-corrected chi connectivity index (χ1v) is 3.23. The molecule has 0 aromatic rings. The maximum absolute atomic E-state index is 10.5. The van der Waals surface area contributed by atoms with Crippen LogP contribution in [0.25, 0.3) is 0 Å². The predicted octanol–water partition coefficient (Wildman–Crippen LogP) is -0.00500. The summed E-state index contributed by atoms with van der Waals surface area (Å²) in [4.78, 5) is 10.5.